The average molecular weight is 281 g/mol. The van der Waals surface area contributed by atoms with Gasteiger partial charge in [0.1, 0.15) is 11.6 Å². The molecule has 1 atom stereocenters. The van der Waals surface area contributed by atoms with Crippen molar-refractivity contribution < 1.29 is 14.2 Å². The quantitative estimate of drug-likeness (QED) is 0.784. The number of rotatable bonds is 6. The molecule has 1 aliphatic carbocycles. The van der Waals surface area contributed by atoms with Crippen LogP contribution in [0.25, 0.3) is 0 Å². The van der Waals surface area contributed by atoms with Gasteiger partial charge in [-0.25, -0.2) is 4.39 Å². The highest BCUT2D eigenvalue weighted by atomic mass is 19.1. The first-order valence-corrected chi connectivity index (χ1v) is 7.50. The van der Waals surface area contributed by atoms with Gasteiger partial charge in [0.05, 0.1) is 12.7 Å². The van der Waals surface area contributed by atoms with E-state index in [0.29, 0.717) is 24.8 Å². The summed E-state index contributed by atoms with van der Waals surface area (Å²) in [7, 11) is 0. The Morgan fingerprint density at radius 1 is 1.35 bits per heavy atom. The van der Waals surface area contributed by atoms with E-state index in [4.69, 9.17) is 4.74 Å². The highest BCUT2D eigenvalue weighted by Gasteiger charge is 2.14. The van der Waals surface area contributed by atoms with E-state index in [2.05, 4.69) is 5.32 Å². The molecule has 2 N–H and O–H groups in total. The molecule has 0 spiro atoms. The van der Waals surface area contributed by atoms with Crippen LogP contribution in [0.2, 0.25) is 0 Å². The molecule has 1 aromatic rings. The van der Waals surface area contributed by atoms with E-state index in [1.54, 1.807) is 6.07 Å². The largest absolute Gasteiger partial charge is 0.508 e. The molecule has 1 aliphatic rings. The third-order valence-corrected chi connectivity index (χ3v) is 3.91. The molecule has 1 aromatic carbocycles. The molecule has 3 nitrogen and oxygen atoms in total. The van der Waals surface area contributed by atoms with Crippen molar-refractivity contribution in [1.29, 1.82) is 0 Å². The maximum absolute atomic E-state index is 13.7. The summed E-state index contributed by atoms with van der Waals surface area (Å²) in [6, 6.07) is 4.18. The Bertz CT molecular complexity index is 419. The Kier molecular flexibility index (Phi) is 5.80. The summed E-state index contributed by atoms with van der Waals surface area (Å²) in [5, 5.41) is 12.4. The second-order valence-corrected chi connectivity index (χ2v) is 5.51. The third-order valence-electron chi connectivity index (χ3n) is 3.91. The lowest BCUT2D eigenvalue weighted by atomic mass is 9.98. The van der Waals surface area contributed by atoms with E-state index < -0.39 is 0 Å². The molecule has 1 saturated carbocycles. The lowest BCUT2D eigenvalue weighted by molar-refractivity contribution is 0.0295. The van der Waals surface area contributed by atoms with Crippen molar-refractivity contribution in [3.05, 3.63) is 29.6 Å². The summed E-state index contributed by atoms with van der Waals surface area (Å²) in [4.78, 5) is 0. The molecule has 0 heterocycles. The minimum Gasteiger partial charge on any atom is -0.508 e. The monoisotopic (exact) mass is 281 g/mol. The average Bonchev–Trinajstić information content (AvgIpc) is 2.44. The van der Waals surface area contributed by atoms with E-state index in [-0.39, 0.29) is 17.6 Å². The van der Waals surface area contributed by atoms with Crippen molar-refractivity contribution in [2.45, 2.75) is 51.2 Å². The van der Waals surface area contributed by atoms with Gasteiger partial charge in [-0.2, -0.15) is 0 Å². The van der Waals surface area contributed by atoms with Gasteiger partial charge in [0.15, 0.2) is 0 Å². The summed E-state index contributed by atoms with van der Waals surface area (Å²) >= 11 is 0. The van der Waals surface area contributed by atoms with Gasteiger partial charge in [0.2, 0.25) is 0 Å². The van der Waals surface area contributed by atoms with Crippen LogP contribution in [-0.4, -0.2) is 24.4 Å². The number of hydrogen-bond acceptors (Lipinski definition) is 3. The van der Waals surface area contributed by atoms with Crippen LogP contribution in [0.5, 0.6) is 5.75 Å². The first-order valence-electron chi connectivity index (χ1n) is 7.50. The highest BCUT2D eigenvalue weighted by Crippen LogP contribution is 2.21. The van der Waals surface area contributed by atoms with Gasteiger partial charge in [-0.05, 0) is 25.8 Å². The summed E-state index contributed by atoms with van der Waals surface area (Å²) in [6.45, 7) is 3.28. The van der Waals surface area contributed by atoms with Crippen LogP contribution in [0.3, 0.4) is 0 Å². The zero-order valence-corrected chi connectivity index (χ0v) is 12.1. The highest BCUT2D eigenvalue weighted by molar-refractivity contribution is 5.29. The number of nitrogens with one attached hydrogen (secondary N) is 1. The van der Waals surface area contributed by atoms with Gasteiger partial charge in [0.25, 0.3) is 0 Å². The van der Waals surface area contributed by atoms with Gasteiger partial charge in [-0.1, -0.05) is 25.3 Å². The normalized spacial score (nSPS) is 18.1. The van der Waals surface area contributed by atoms with Gasteiger partial charge < -0.3 is 15.2 Å². The second-order valence-electron chi connectivity index (χ2n) is 5.51. The maximum Gasteiger partial charge on any atom is 0.131 e. The standard InChI is InChI=1S/C16H24FNO2/c1-12(15-8-7-13(19)11-16(15)17)18-9-10-20-14-5-3-2-4-6-14/h7-8,11-12,14,18-19H,2-6,9-10H2,1H3. The molecule has 112 valence electrons. The number of aromatic hydroxyl groups is 1. The molecule has 0 aliphatic heterocycles. The van der Waals surface area contributed by atoms with Crippen LogP contribution in [-0.2, 0) is 4.74 Å². The first kappa shape index (κ1) is 15.3. The second kappa shape index (κ2) is 7.60. The zero-order valence-electron chi connectivity index (χ0n) is 12.1. The van der Waals surface area contributed by atoms with Gasteiger partial charge in [-0.15, -0.1) is 0 Å². The van der Waals surface area contributed by atoms with E-state index in [1.165, 1.54) is 38.2 Å². The first-order chi connectivity index (χ1) is 9.66. The Morgan fingerprint density at radius 3 is 2.80 bits per heavy atom. The predicted molar refractivity (Wildman–Crippen MR) is 77.3 cm³/mol. The number of benzene rings is 1. The summed E-state index contributed by atoms with van der Waals surface area (Å²) in [6.07, 6.45) is 6.62. The van der Waals surface area contributed by atoms with Gasteiger partial charge in [0, 0.05) is 24.2 Å². The van der Waals surface area contributed by atoms with Crippen molar-refractivity contribution >= 4 is 0 Å². The fourth-order valence-electron chi connectivity index (χ4n) is 2.71. The molecule has 0 radical (unpaired) electrons. The van der Waals surface area contributed by atoms with Crippen molar-refractivity contribution in [3.63, 3.8) is 0 Å². The van der Waals surface area contributed by atoms with Gasteiger partial charge in [-0.3, -0.25) is 0 Å². The molecule has 20 heavy (non-hydrogen) atoms. The van der Waals surface area contributed by atoms with Crippen molar-refractivity contribution in [2.24, 2.45) is 0 Å². The Labute approximate surface area is 120 Å². The minimum absolute atomic E-state index is 0.0425. The van der Waals surface area contributed by atoms with E-state index in [0.717, 1.165) is 6.07 Å². The number of hydrogen-bond donors (Lipinski definition) is 2. The SMILES string of the molecule is CC(NCCOC1CCCCC1)c1ccc(O)cc1F. The van der Waals surface area contributed by atoms with Crippen LogP contribution >= 0.6 is 0 Å². The van der Waals surface area contributed by atoms with Gasteiger partial charge >= 0.3 is 0 Å². The molecule has 0 amide bonds. The fraction of sp³-hybridized carbons (Fsp3) is 0.625. The molecule has 2 rings (SSSR count). The molecule has 0 saturated heterocycles. The Hall–Kier alpha value is -1.13. The van der Waals surface area contributed by atoms with Crippen molar-refractivity contribution in [2.75, 3.05) is 13.2 Å². The Balaban J connectivity index is 1.70. The van der Waals surface area contributed by atoms with Crippen molar-refractivity contribution in [3.8, 4) is 5.75 Å². The number of phenolic OH excluding ortho intramolecular Hbond substituents is 1. The maximum atomic E-state index is 13.7. The summed E-state index contributed by atoms with van der Waals surface area (Å²) in [5.74, 6) is -0.419. The summed E-state index contributed by atoms with van der Waals surface area (Å²) < 4.78 is 19.5. The topological polar surface area (TPSA) is 41.5 Å². The molecular formula is C16H24FNO2. The fourth-order valence-corrected chi connectivity index (χ4v) is 2.71. The molecule has 4 heteroatoms. The van der Waals surface area contributed by atoms with E-state index in [9.17, 15) is 9.50 Å². The third kappa shape index (κ3) is 4.46. The summed E-state index contributed by atoms with van der Waals surface area (Å²) in [5.41, 5.74) is 0.570. The van der Waals surface area contributed by atoms with Crippen LogP contribution in [0.1, 0.15) is 50.6 Å². The predicted octanol–water partition coefficient (Wildman–Crippen LogP) is 3.53. The van der Waals surface area contributed by atoms with E-state index in [1.807, 2.05) is 6.92 Å². The Morgan fingerprint density at radius 2 is 2.10 bits per heavy atom. The molecule has 1 fully saturated rings. The minimum atomic E-state index is -0.377. The number of halogens is 1. The smallest absolute Gasteiger partial charge is 0.131 e. The molecule has 1 unspecified atom stereocenters. The van der Waals surface area contributed by atoms with Crippen LogP contribution in [0.4, 0.5) is 4.39 Å². The molecule has 0 aromatic heterocycles. The van der Waals surface area contributed by atoms with E-state index >= 15 is 0 Å². The van der Waals surface area contributed by atoms with Crippen LogP contribution in [0.15, 0.2) is 18.2 Å². The lowest BCUT2D eigenvalue weighted by Gasteiger charge is -2.22. The van der Waals surface area contributed by atoms with Crippen LogP contribution < -0.4 is 5.32 Å². The molecule has 0 bridgehead atoms. The number of phenols is 1. The van der Waals surface area contributed by atoms with Crippen LogP contribution in [0, 0.1) is 5.82 Å². The lowest BCUT2D eigenvalue weighted by Crippen LogP contribution is -2.27. The zero-order chi connectivity index (χ0) is 14.4. The molecular weight excluding hydrogens is 257 g/mol. The van der Waals surface area contributed by atoms with Crippen molar-refractivity contribution in [1.82, 2.24) is 5.32 Å². The number of ether oxygens (including phenoxy) is 1.